The number of hydrogen-bond acceptors (Lipinski definition) is 3. The van der Waals surface area contributed by atoms with E-state index in [9.17, 15) is 0 Å². The van der Waals surface area contributed by atoms with Gasteiger partial charge in [0, 0.05) is 18.2 Å². The number of oxime groups is 1. The lowest BCUT2D eigenvalue weighted by Crippen LogP contribution is -2.34. The minimum Gasteiger partial charge on any atom is -0.409 e. The van der Waals surface area contributed by atoms with Gasteiger partial charge in [-0.1, -0.05) is 23.7 Å². The van der Waals surface area contributed by atoms with Crippen molar-refractivity contribution in [1.29, 1.82) is 0 Å². The van der Waals surface area contributed by atoms with Crippen LogP contribution >= 0.6 is 0 Å². The first-order valence-electron chi connectivity index (χ1n) is 6.01. The third-order valence-electron chi connectivity index (χ3n) is 3.43. The summed E-state index contributed by atoms with van der Waals surface area (Å²) in [6, 6.07) is 6.57. The van der Waals surface area contributed by atoms with Gasteiger partial charge in [-0.15, -0.1) is 0 Å². The molecule has 1 aromatic carbocycles. The number of benzene rings is 1. The van der Waals surface area contributed by atoms with Crippen LogP contribution in [0.25, 0.3) is 0 Å². The van der Waals surface area contributed by atoms with Crippen molar-refractivity contribution in [2.75, 3.05) is 0 Å². The summed E-state index contributed by atoms with van der Waals surface area (Å²) < 4.78 is 0. The fourth-order valence-electron chi connectivity index (χ4n) is 1.98. The molecule has 17 heavy (non-hydrogen) atoms. The predicted octanol–water partition coefficient (Wildman–Crippen LogP) is 1.73. The lowest BCUT2D eigenvalue weighted by molar-refractivity contribution is 0.318. The van der Waals surface area contributed by atoms with Crippen molar-refractivity contribution < 1.29 is 5.21 Å². The average molecular weight is 233 g/mol. The maximum atomic E-state index is 8.61. The van der Waals surface area contributed by atoms with Gasteiger partial charge < -0.3 is 16.3 Å². The maximum absolute atomic E-state index is 8.61. The molecule has 0 unspecified atom stereocenters. The first kappa shape index (κ1) is 11.9. The fourth-order valence-corrected chi connectivity index (χ4v) is 1.98. The third-order valence-corrected chi connectivity index (χ3v) is 3.43. The molecule has 2 rings (SSSR count). The van der Waals surface area contributed by atoms with Gasteiger partial charge in [0.15, 0.2) is 5.84 Å². The van der Waals surface area contributed by atoms with Gasteiger partial charge in [-0.25, -0.2) is 0 Å². The zero-order valence-corrected chi connectivity index (χ0v) is 10.1. The van der Waals surface area contributed by atoms with Crippen molar-refractivity contribution in [3.63, 3.8) is 0 Å². The lowest BCUT2D eigenvalue weighted by Gasteiger charge is -2.26. The molecule has 0 aromatic heterocycles. The number of nitrogens with zero attached hydrogens (tertiary/aromatic N) is 1. The van der Waals surface area contributed by atoms with Crippen LogP contribution < -0.4 is 11.1 Å². The molecular weight excluding hydrogens is 214 g/mol. The van der Waals surface area contributed by atoms with Gasteiger partial charge in [-0.3, -0.25) is 0 Å². The zero-order chi connectivity index (χ0) is 12.3. The van der Waals surface area contributed by atoms with Gasteiger partial charge in [-0.2, -0.15) is 0 Å². The standard InChI is InChI=1S/C13H19N3O/c1-9-7-10(13(14)16-17)5-6-11(9)8-15-12-3-2-4-12/h5-7,12,15,17H,2-4,8H2,1H3,(H2,14,16). The normalized spacial score (nSPS) is 16.9. The summed E-state index contributed by atoms with van der Waals surface area (Å²) in [5.74, 6) is 0.159. The molecule has 0 spiro atoms. The predicted molar refractivity (Wildman–Crippen MR) is 68.2 cm³/mol. The van der Waals surface area contributed by atoms with Crippen LogP contribution in [-0.2, 0) is 6.54 Å². The van der Waals surface area contributed by atoms with Crippen LogP contribution in [0.2, 0.25) is 0 Å². The Hall–Kier alpha value is -1.55. The SMILES string of the molecule is Cc1cc(/C(N)=N/O)ccc1CNC1CCC1. The van der Waals surface area contributed by atoms with Crippen LogP contribution in [0.1, 0.15) is 36.0 Å². The molecule has 4 heteroatoms. The van der Waals surface area contributed by atoms with Crippen molar-refractivity contribution in [2.24, 2.45) is 10.9 Å². The van der Waals surface area contributed by atoms with E-state index in [4.69, 9.17) is 10.9 Å². The van der Waals surface area contributed by atoms with Crippen molar-refractivity contribution in [2.45, 2.75) is 38.8 Å². The lowest BCUT2D eigenvalue weighted by atomic mass is 9.93. The number of nitrogens with two attached hydrogens (primary N) is 1. The summed E-state index contributed by atoms with van der Waals surface area (Å²) in [6.45, 7) is 2.94. The highest BCUT2D eigenvalue weighted by Gasteiger charge is 2.16. The van der Waals surface area contributed by atoms with E-state index in [1.165, 1.54) is 30.4 Å². The molecule has 0 amide bonds. The van der Waals surface area contributed by atoms with E-state index in [0.717, 1.165) is 12.1 Å². The van der Waals surface area contributed by atoms with E-state index < -0.39 is 0 Å². The summed E-state index contributed by atoms with van der Waals surface area (Å²) in [6.07, 6.45) is 3.93. The largest absolute Gasteiger partial charge is 0.409 e. The minimum atomic E-state index is 0.159. The van der Waals surface area contributed by atoms with Crippen LogP contribution in [0.5, 0.6) is 0 Å². The second kappa shape index (κ2) is 5.19. The number of aryl methyl sites for hydroxylation is 1. The molecule has 0 radical (unpaired) electrons. The Morgan fingerprint density at radius 2 is 2.29 bits per heavy atom. The van der Waals surface area contributed by atoms with E-state index in [1.807, 2.05) is 25.1 Å². The molecule has 1 fully saturated rings. The van der Waals surface area contributed by atoms with E-state index in [-0.39, 0.29) is 5.84 Å². The molecule has 0 atom stereocenters. The van der Waals surface area contributed by atoms with Gasteiger partial charge in [0.25, 0.3) is 0 Å². The molecule has 0 aliphatic heterocycles. The van der Waals surface area contributed by atoms with Gasteiger partial charge >= 0.3 is 0 Å². The Morgan fingerprint density at radius 1 is 1.53 bits per heavy atom. The first-order chi connectivity index (χ1) is 8.20. The molecule has 1 aliphatic carbocycles. The Morgan fingerprint density at radius 3 is 2.82 bits per heavy atom. The van der Waals surface area contributed by atoms with E-state index in [2.05, 4.69) is 10.5 Å². The molecule has 1 aliphatic rings. The second-order valence-electron chi connectivity index (χ2n) is 4.64. The second-order valence-corrected chi connectivity index (χ2v) is 4.64. The van der Waals surface area contributed by atoms with Crippen LogP contribution in [0.4, 0.5) is 0 Å². The van der Waals surface area contributed by atoms with E-state index in [0.29, 0.717) is 6.04 Å². The van der Waals surface area contributed by atoms with Crippen LogP contribution in [0.3, 0.4) is 0 Å². The van der Waals surface area contributed by atoms with Gasteiger partial charge in [0.05, 0.1) is 0 Å². The van der Waals surface area contributed by atoms with Crippen LogP contribution in [0.15, 0.2) is 23.4 Å². The highest BCUT2D eigenvalue weighted by molar-refractivity contribution is 5.97. The molecule has 1 saturated carbocycles. The summed E-state index contributed by atoms with van der Waals surface area (Å²) in [4.78, 5) is 0. The smallest absolute Gasteiger partial charge is 0.170 e. The molecule has 92 valence electrons. The summed E-state index contributed by atoms with van der Waals surface area (Å²) in [5.41, 5.74) is 8.75. The third kappa shape index (κ3) is 2.77. The monoisotopic (exact) mass is 233 g/mol. The highest BCUT2D eigenvalue weighted by atomic mass is 16.4. The molecule has 4 N–H and O–H groups in total. The summed E-state index contributed by atoms with van der Waals surface area (Å²) in [5, 5.41) is 15.1. The zero-order valence-electron chi connectivity index (χ0n) is 10.1. The van der Waals surface area contributed by atoms with E-state index >= 15 is 0 Å². The Balaban J connectivity index is 2.03. The molecule has 4 nitrogen and oxygen atoms in total. The molecule has 0 saturated heterocycles. The topological polar surface area (TPSA) is 70.6 Å². The van der Waals surface area contributed by atoms with Gasteiger partial charge in [0.1, 0.15) is 0 Å². The van der Waals surface area contributed by atoms with Crippen molar-refractivity contribution in [1.82, 2.24) is 5.32 Å². The van der Waals surface area contributed by atoms with Crippen LogP contribution in [-0.4, -0.2) is 17.1 Å². The first-order valence-corrected chi connectivity index (χ1v) is 6.01. The molecule has 0 bridgehead atoms. The molecule has 0 heterocycles. The number of amidine groups is 1. The summed E-state index contributed by atoms with van der Waals surface area (Å²) in [7, 11) is 0. The Labute approximate surface area is 102 Å². The Kier molecular flexibility index (Phi) is 3.64. The van der Waals surface area contributed by atoms with Crippen LogP contribution in [0, 0.1) is 6.92 Å². The van der Waals surface area contributed by atoms with Crippen molar-refractivity contribution in [3.05, 3.63) is 34.9 Å². The van der Waals surface area contributed by atoms with E-state index in [1.54, 1.807) is 0 Å². The minimum absolute atomic E-state index is 0.159. The molecule has 1 aromatic rings. The number of hydrogen-bond donors (Lipinski definition) is 3. The van der Waals surface area contributed by atoms with Crippen molar-refractivity contribution in [3.8, 4) is 0 Å². The summed E-state index contributed by atoms with van der Waals surface area (Å²) >= 11 is 0. The quantitative estimate of drug-likeness (QED) is 0.321. The maximum Gasteiger partial charge on any atom is 0.170 e. The van der Waals surface area contributed by atoms with Gasteiger partial charge in [0.2, 0.25) is 0 Å². The van der Waals surface area contributed by atoms with Gasteiger partial charge in [-0.05, 0) is 37.0 Å². The number of rotatable bonds is 4. The molecular formula is C13H19N3O. The fraction of sp³-hybridized carbons (Fsp3) is 0.462. The highest BCUT2D eigenvalue weighted by Crippen LogP contribution is 2.19. The average Bonchev–Trinajstić information content (AvgIpc) is 2.28. The Bertz CT molecular complexity index is 425. The van der Waals surface area contributed by atoms with Crippen molar-refractivity contribution >= 4 is 5.84 Å². The number of nitrogens with one attached hydrogen (secondary N) is 1.